The Labute approximate surface area is 238 Å². The fraction of sp³-hybridized carbons (Fsp3) is 0. The monoisotopic (exact) mass is 501 g/mol. The molecule has 0 atom stereocenters. The van der Waals surface area contributed by atoms with Gasteiger partial charge < -0.3 is 0 Å². The zero-order valence-electron chi connectivity index (χ0n) is 10.6. The van der Waals surface area contributed by atoms with E-state index in [9.17, 15) is 60.7 Å². The molecule has 0 aromatic rings. The molecule has 0 radical (unpaired) electrons. The van der Waals surface area contributed by atoms with Crippen molar-refractivity contribution in [2.45, 2.75) is 0 Å². The molecule has 0 fully saturated rings. The van der Waals surface area contributed by atoms with Crippen LogP contribution in [0.5, 0.6) is 0 Å². The molecule has 115 valence electrons. The average Bonchev–Trinajstić information content (AvgIpc) is 2.15. The summed E-state index contributed by atoms with van der Waals surface area (Å²) in [6.45, 7) is 0. The van der Waals surface area contributed by atoms with E-state index in [1.165, 1.54) is 0 Å². The van der Waals surface area contributed by atoms with Crippen molar-refractivity contribution in [2.24, 2.45) is 0 Å². The van der Waals surface area contributed by atoms with Gasteiger partial charge in [0.1, 0.15) is 0 Å². The topological polar surface area (TPSA) is 259 Å². The molecule has 22 heavy (non-hydrogen) atoms. The summed E-state index contributed by atoms with van der Waals surface area (Å²) in [5.74, 6) is 0. The Morgan fingerprint density at radius 3 is 0.545 bits per heavy atom. The summed E-state index contributed by atoms with van der Waals surface area (Å²) in [7, 11) is 0. The van der Waals surface area contributed by atoms with Gasteiger partial charge in [0, 0.05) is 0 Å². The normalized spacial score (nSPS) is 12.5. The molecule has 0 saturated carbocycles. The Morgan fingerprint density at radius 2 is 0.545 bits per heavy atom. The van der Waals surface area contributed by atoms with E-state index in [2.05, 4.69) is 0 Å². The van der Waals surface area contributed by atoms with Crippen LogP contribution in [0.25, 0.3) is 0 Å². The standard InChI is InChI=1S/Co.2K.6NO2.Sr/c;;;6*2-1-3;/q-4;2*+1;;;;;;;+2. The summed E-state index contributed by atoms with van der Waals surface area (Å²) >= 11 is -10.3. The van der Waals surface area contributed by atoms with Crippen molar-refractivity contribution in [1.29, 1.82) is 0 Å². The fourth-order valence-corrected chi connectivity index (χ4v) is 2.75. The Bertz CT molecular complexity index is 441. The van der Waals surface area contributed by atoms with Crippen molar-refractivity contribution in [3.8, 4) is 0 Å². The van der Waals surface area contributed by atoms with E-state index in [4.69, 9.17) is 0 Å². The van der Waals surface area contributed by atoms with Crippen LogP contribution in [-0.4, -0.2) is 69.3 Å². The predicted molar refractivity (Wildman–Crippen MR) is 47.7 cm³/mol. The van der Waals surface area contributed by atoms with E-state index >= 15 is 0 Å². The first kappa shape index (κ1) is 31.4. The molecule has 0 heterocycles. The molecule has 0 aromatic carbocycles. The molecule has 0 bridgehead atoms. The van der Waals surface area contributed by atoms with Crippen molar-refractivity contribution in [3.05, 3.63) is 60.7 Å². The molecule has 0 aliphatic heterocycles. The minimum Gasteiger partial charge on any atom is 1.00 e. The molecule has 0 aliphatic carbocycles. The van der Waals surface area contributed by atoms with Crippen LogP contribution in [-0.2, 0) is 11.8 Å². The van der Waals surface area contributed by atoms with E-state index in [-0.39, 0.29) is 148 Å². The molecule has 0 saturated heterocycles. The third-order valence-corrected chi connectivity index (χ3v) is 6.73. The minimum absolute atomic E-state index is 0. The van der Waals surface area contributed by atoms with Gasteiger partial charge in [0.15, 0.2) is 0 Å². The van der Waals surface area contributed by atoms with Gasteiger partial charge in [-0.1, -0.05) is 0 Å². The summed E-state index contributed by atoms with van der Waals surface area (Å²) in [5.41, 5.74) is 0. The molecule has 0 unspecified atom stereocenters. The van der Waals surface area contributed by atoms with Gasteiger partial charge >= 0.3 is 245 Å². The first-order valence-corrected chi connectivity index (χ1v) is 5.88. The summed E-state index contributed by atoms with van der Waals surface area (Å²) < 4.78 is -19.6. The van der Waals surface area contributed by atoms with Crippen molar-refractivity contribution in [1.82, 2.24) is 0 Å². The summed E-state index contributed by atoms with van der Waals surface area (Å²) in [6.07, 6.45) is 0. The number of rotatable bonds is 6. The average molecular weight is 501 g/mol. The van der Waals surface area contributed by atoms with Gasteiger partial charge in [0.25, 0.3) is 0 Å². The van der Waals surface area contributed by atoms with E-state index in [0.29, 0.717) is 0 Å². The van der Waals surface area contributed by atoms with E-state index in [0.717, 1.165) is 0 Å². The molecule has 0 N–H and O–H groups in total. The quantitative estimate of drug-likeness (QED) is 0.187. The molecular weight excluding hydrogens is 501 g/mol. The van der Waals surface area contributed by atoms with Crippen LogP contribution in [0.1, 0.15) is 0 Å². The number of nitro groups is 6. The minimum atomic E-state index is -10.3. The van der Waals surface area contributed by atoms with E-state index < -0.39 is 35.7 Å². The largest absolute Gasteiger partial charge is 2.00 e. The summed E-state index contributed by atoms with van der Waals surface area (Å²) in [5, 5.41) is 63.2. The summed E-state index contributed by atoms with van der Waals surface area (Å²) in [4.78, 5) is 63.2. The third kappa shape index (κ3) is 2.43. The van der Waals surface area contributed by atoms with Crippen molar-refractivity contribution >= 4 is 45.5 Å². The van der Waals surface area contributed by atoms with Gasteiger partial charge in [-0.2, -0.15) is 0 Å². The summed E-state index contributed by atoms with van der Waals surface area (Å²) in [6, 6.07) is 0. The maximum absolute atomic E-state index is 10.5. The van der Waals surface area contributed by atoms with Crippen molar-refractivity contribution in [2.75, 3.05) is 0 Å². The SMILES string of the molecule is O=[N+]([O-])[Co-4]([N+](=O)[O-])([N+](=O)[O-])([N+](=O)[O-])([N+](=O)[O-])[N+](=O)[O-].[K+].[K+].[Sr+2]. The maximum Gasteiger partial charge on any atom is 2.00 e. The molecule has 22 heteroatoms. The predicted octanol–water partition coefficient (Wildman–Crippen LogP) is -8.01. The van der Waals surface area contributed by atoms with Gasteiger partial charge in [-0.25, -0.2) is 0 Å². The molecule has 0 spiro atoms. The Balaban J connectivity index is -0.000000540. The molecule has 0 rings (SSSR count). The van der Waals surface area contributed by atoms with Crippen LogP contribution in [0.4, 0.5) is 0 Å². The van der Waals surface area contributed by atoms with Crippen LogP contribution in [0.2, 0.25) is 0 Å². The zero-order chi connectivity index (χ0) is 15.9. The Kier molecular flexibility index (Phi) is 12.6. The van der Waals surface area contributed by atoms with Crippen molar-refractivity contribution < 1.29 is 138 Å². The van der Waals surface area contributed by atoms with Gasteiger partial charge in [0.05, 0.1) is 0 Å². The second-order valence-electron chi connectivity index (χ2n) is 2.18. The molecule has 0 aliphatic rings. The Hall–Kier alpha value is 1.66. The number of hydrogen-bond donors (Lipinski definition) is 0. The number of nitrogens with zero attached hydrogens (tertiary/aromatic N) is 6. The first-order chi connectivity index (χ1) is 8.34. The van der Waals surface area contributed by atoms with Gasteiger partial charge in [0.2, 0.25) is 0 Å². The van der Waals surface area contributed by atoms with Gasteiger partial charge in [-0.15, -0.1) is 0 Å². The van der Waals surface area contributed by atoms with Crippen LogP contribution in [0, 0.1) is 60.7 Å². The second kappa shape index (κ2) is 8.85. The van der Waals surface area contributed by atoms with Crippen LogP contribution < -0.4 is 103 Å². The van der Waals surface area contributed by atoms with Gasteiger partial charge in [-0.05, 0) is 0 Å². The first-order valence-electron chi connectivity index (χ1n) is 3.09. The van der Waals surface area contributed by atoms with Crippen LogP contribution in [0.15, 0.2) is 0 Å². The second-order valence-corrected chi connectivity index (χ2v) is 7.58. The zero-order valence-corrected chi connectivity index (χ0v) is 21.4. The molecular formula is CoK2N6O12Sr. The maximum atomic E-state index is 10.5. The van der Waals surface area contributed by atoms with Crippen LogP contribution >= 0.6 is 0 Å². The molecule has 0 aromatic heterocycles. The van der Waals surface area contributed by atoms with E-state index in [1.807, 2.05) is 0 Å². The van der Waals surface area contributed by atoms with Gasteiger partial charge in [-0.3, -0.25) is 0 Å². The number of hydrogen-bond acceptors (Lipinski definition) is 12. The third-order valence-electron chi connectivity index (χ3n) is 1.63. The fourth-order valence-electron chi connectivity index (χ4n) is 0.667. The molecule has 0 amide bonds. The van der Waals surface area contributed by atoms with E-state index in [1.54, 1.807) is 0 Å². The molecule has 18 nitrogen and oxygen atoms in total. The van der Waals surface area contributed by atoms with Crippen LogP contribution in [0.3, 0.4) is 0 Å². The Morgan fingerprint density at radius 1 is 0.455 bits per heavy atom. The van der Waals surface area contributed by atoms with Crippen molar-refractivity contribution in [3.63, 3.8) is 0 Å². The smallest absolute Gasteiger partial charge is 1.00 e.